The molecule has 0 aromatic heterocycles. The Morgan fingerprint density at radius 3 is 2.27 bits per heavy atom. The SMILES string of the molecule is COc1ccc(C2=NC3(CCN(C(=O)Nc4ccc(OC)c(OC)c4)CC3)N=C2SC)cc1. The van der Waals surface area contributed by atoms with Crippen molar-refractivity contribution in [2.75, 3.05) is 46.0 Å². The standard InChI is InChI=1S/C24H28N4O4S/c1-30-18-8-5-16(6-9-18)21-22(33-4)27-24(26-21)11-13-28(14-12-24)23(29)25-17-7-10-19(31-2)20(15-17)32-3/h5-10,15H,11-14H2,1-4H3,(H,25,29). The average Bonchev–Trinajstić information content (AvgIpc) is 3.22. The maximum atomic E-state index is 12.8. The number of ether oxygens (including phenoxy) is 3. The first kappa shape index (κ1) is 23.0. The summed E-state index contributed by atoms with van der Waals surface area (Å²) in [6.07, 6.45) is 3.37. The summed E-state index contributed by atoms with van der Waals surface area (Å²) >= 11 is 1.60. The number of rotatable bonds is 5. The van der Waals surface area contributed by atoms with E-state index in [1.807, 2.05) is 30.5 Å². The second-order valence-corrected chi connectivity index (χ2v) is 8.57. The molecule has 8 nitrogen and oxygen atoms in total. The number of carbonyl (C=O) groups excluding carboxylic acids is 1. The molecular formula is C24H28N4O4S. The number of nitrogens with zero attached hydrogens (tertiary/aromatic N) is 3. The van der Waals surface area contributed by atoms with Crippen LogP contribution in [0.15, 0.2) is 52.4 Å². The van der Waals surface area contributed by atoms with E-state index >= 15 is 0 Å². The van der Waals surface area contributed by atoms with E-state index in [9.17, 15) is 4.79 Å². The number of amides is 2. The van der Waals surface area contributed by atoms with Crippen molar-refractivity contribution in [2.45, 2.75) is 18.5 Å². The number of likely N-dealkylation sites (tertiary alicyclic amines) is 1. The fourth-order valence-corrected chi connectivity index (χ4v) is 4.63. The number of nitrogens with one attached hydrogen (secondary N) is 1. The molecule has 1 spiro atoms. The molecule has 1 fully saturated rings. The van der Waals surface area contributed by atoms with Crippen molar-refractivity contribution >= 4 is 34.2 Å². The molecule has 0 aliphatic carbocycles. The normalized spacial score (nSPS) is 16.8. The van der Waals surface area contributed by atoms with Crippen molar-refractivity contribution in [1.29, 1.82) is 0 Å². The van der Waals surface area contributed by atoms with Gasteiger partial charge in [-0.25, -0.2) is 9.79 Å². The highest BCUT2D eigenvalue weighted by molar-refractivity contribution is 8.15. The van der Waals surface area contributed by atoms with E-state index in [4.69, 9.17) is 24.2 Å². The van der Waals surface area contributed by atoms with Crippen LogP contribution >= 0.6 is 11.8 Å². The fourth-order valence-electron chi connectivity index (χ4n) is 4.01. The summed E-state index contributed by atoms with van der Waals surface area (Å²) in [6, 6.07) is 13.0. The third kappa shape index (κ3) is 4.78. The highest BCUT2D eigenvalue weighted by Crippen LogP contribution is 2.36. The lowest BCUT2D eigenvalue weighted by molar-refractivity contribution is 0.175. The highest BCUT2D eigenvalue weighted by Gasteiger charge is 2.40. The van der Waals surface area contributed by atoms with Crippen LogP contribution in [-0.4, -0.2) is 68.0 Å². The fraction of sp³-hybridized carbons (Fsp3) is 0.375. The van der Waals surface area contributed by atoms with Crippen LogP contribution in [0.1, 0.15) is 18.4 Å². The van der Waals surface area contributed by atoms with Crippen LogP contribution in [0.25, 0.3) is 0 Å². The molecule has 2 aliphatic heterocycles. The Balaban J connectivity index is 1.43. The quantitative estimate of drug-likeness (QED) is 0.707. The number of benzene rings is 2. The van der Waals surface area contributed by atoms with E-state index in [2.05, 4.69) is 5.32 Å². The van der Waals surface area contributed by atoms with Crippen molar-refractivity contribution in [3.05, 3.63) is 48.0 Å². The van der Waals surface area contributed by atoms with Crippen LogP contribution in [0.4, 0.5) is 10.5 Å². The zero-order valence-corrected chi connectivity index (χ0v) is 20.1. The van der Waals surface area contributed by atoms with Crippen molar-refractivity contribution in [3.63, 3.8) is 0 Å². The Labute approximate surface area is 198 Å². The van der Waals surface area contributed by atoms with Crippen LogP contribution in [0.2, 0.25) is 0 Å². The predicted octanol–water partition coefficient (Wildman–Crippen LogP) is 4.30. The summed E-state index contributed by atoms with van der Waals surface area (Å²) in [6.45, 7) is 1.15. The van der Waals surface area contributed by atoms with Crippen molar-refractivity contribution in [1.82, 2.24) is 4.90 Å². The summed E-state index contributed by atoms with van der Waals surface area (Å²) < 4.78 is 15.8. The number of carbonyl (C=O) groups is 1. The van der Waals surface area contributed by atoms with E-state index < -0.39 is 5.66 Å². The maximum Gasteiger partial charge on any atom is 0.321 e. The molecule has 1 saturated heterocycles. The van der Waals surface area contributed by atoms with Gasteiger partial charge in [0.05, 0.1) is 27.0 Å². The molecule has 0 radical (unpaired) electrons. The van der Waals surface area contributed by atoms with Gasteiger partial charge in [0.2, 0.25) is 0 Å². The number of aliphatic imine (C=N–C) groups is 2. The van der Waals surface area contributed by atoms with Crippen LogP contribution in [0.3, 0.4) is 0 Å². The number of thioether (sulfide) groups is 1. The van der Waals surface area contributed by atoms with Crippen molar-refractivity contribution < 1.29 is 19.0 Å². The summed E-state index contributed by atoms with van der Waals surface area (Å²) in [4.78, 5) is 24.7. The minimum atomic E-state index is -0.506. The summed E-state index contributed by atoms with van der Waals surface area (Å²) in [5, 5.41) is 3.88. The zero-order valence-electron chi connectivity index (χ0n) is 19.3. The van der Waals surface area contributed by atoms with Gasteiger partial charge in [-0.15, -0.1) is 11.8 Å². The van der Waals surface area contributed by atoms with Gasteiger partial charge >= 0.3 is 6.03 Å². The van der Waals surface area contributed by atoms with Gasteiger partial charge in [0.1, 0.15) is 10.8 Å². The van der Waals surface area contributed by atoms with Crippen LogP contribution in [-0.2, 0) is 0 Å². The molecular weight excluding hydrogens is 440 g/mol. The van der Waals surface area contributed by atoms with Gasteiger partial charge in [0.25, 0.3) is 0 Å². The number of piperidine rings is 1. The molecule has 4 rings (SSSR count). The molecule has 2 aromatic carbocycles. The Morgan fingerprint density at radius 1 is 0.970 bits per heavy atom. The zero-order chi connectivity index (χ0) is 23.4. The lowest BCUT2D eigenvalue weighted by Gasteiger charge is -2.35. The maximum absolute atomic E-state index is 12.8. The Hall–Kier alpha value is -3.20. The molecule has 2 aliphatic rings. The first-order chi connectivity index (χ1) is 16.0. The minimum absolute atomic E-state index is 0.150. The second kappa shape index (κ2) is 9.74. The van der Waals surface area contributed by atoms with Gasteiger partial charge in [-0.1, -0.05) is 0 Å². The predicted molar refractivity (Wildman–Crippen MR) is 133 cm³/mol. The number of hydrogen-bond acceptors (Lipinski definition) is 7. The van der Waals surface area contributed by atoms with Gasteiger partial charge in [-0.2, -0.15) is 0 Å². The van der Waals surface area contributed by atoms with Gasteiger partial charge in [-0.05, 0) is 42.7 Å². The van der Waals surface area contributed by atoms with Crippen LogP contribution in [0, 0.1) is 0 Å². The van der Waals surface area contributed by atoms with E-state index in [0.717, 1.165) is 22.1 Å². The third-order valence-corrected chi connectivity index (χ3v) is 6.55. The van der Waals surface area contributed by atoms with E-state index in [0.29, 0.717) is 43.1 Å². The molecule has 0 atom stereocenters. The smallest absolute Gasteiger partial charge is 0.321 e. The van der Waals surface area contributed by atoms with Gasteiger partial charge in [0, 0.05) is 43.2 Å². The molecule has 9 heteroatoms. The number of urea groups is 1. The van der Waals surface area contributed by atoms with Crippen molar-refractivity contribution in [3.8, 4) is 17.2 Å². The molecule has 1 N–H and O–H groups in total. The molecule has 33 heavy (non-hydrogen) atoms. The summed E-state index contributed by atoms with van der Waals surface area (Å²) in [5.41, 5.74) is 2.08. The number of methoxy groups -OCH3 is 3. The number of hydrogen-bond donors (Lipinski definition) is 1. The molecule has 0 unspecified atom stereocenters. The van der Waals surface area contributed by atoms with E-state index in [1.165, 1.54) is 0 Å². The Kier molecular flexibility index (Phi) is 6.78. The third-order valence-electron chi connectivity index (χ3n) is 5.88. The van der Waals surface area contributed by atoms with Crippen molar-refractivity contribution in [2.24, 2.45) is 9.98 Å². The minimum Gasteiger partial charge on any atom is -0.497 e. The lowest BCUT2D eigenvalue weighted by Crippen LogP contribution is -2.46. The summed E-state index contributed by atoms with van der Waals surface area (Å²) in [7, 11) is 4.80. The molecule has 2 aromatic rings. The first-order valence-corrected chi connectivity index (χ1v) is 11.9. The topological polar surface area (TPSA) is 84.8 Å². The van der Waals surface area contributed by atoms with Gasteiger partial charge < -0.3 is 24.4 Å². The van der Waals surface area contributed by atoms with Gasteiger partial charge in [-0.3, -0.25) is 4.99 Å². The Bertz CT molecular complexity index is 1080. The average molecular weight is 469 g/mol. The highest BCUT2D eigenvalue weighted by atomic mass is 32.2. The lowest BCUT2D eigenvalue weighted by atomic mass is 9.98. The van der Waals surface area contributed by atoms with E-state index in [-0.39, 0.29) is 6.03 Å². The van der Waals surface area contributed by atoms with Crippen LogP contribution in [0.5, 0.6) is 17.2 Å². The Morgan fingerprint density at radius 2 is 1.67 bits per heavy atom. The van der Waals surface area contributed by atoms with Gasteiger partial charge in [0.15, 0.2) is 17.2 Å². The first-order valence-electron chi connectivity index (χ1n) is 10.7. The molecule has 0 bridgehead atoms. The summed E-state index contributed by atoms with van der Waals surface area (Å²) in [5.74, 6) is 1.99. The monoisotopic (exact) mass is 468 g/mol. The van der Waals surface area contributed by atoms with E-state index in [1.54, 1.807) is 56.2 Å². The van der Waals surface area contributed by atoms with Crippen LogP contribution < -0.4 is 19.5 Å². The second-order valence-electron chi connectivity index (χ2n) is 7.78. The largest absolute Gasteiger partial charge is 0.497 e. The molecule has 0 saturated carbocycles. The molecule has 2 heterocycles. The molecule has 2 amide bonds. The number of anilines is 1. The molecule has 174 valence electrons.